The second-order valence-electron chi connectivity index (χ2n) is 1.89. The molecule has 0 bridgehead atoms. The Hall–Kier alpha value is -0.220. The molecule has 50 valence electrons. The lowest BCUT2D eigenvalue weighted by Crippen LogP contribution is -2.29. The van der Waals surface area contributed by atoms with Crippen LogP contribution in [0.1, 0.15) is 6.92 Å². The van der Waals surface area contributed by atoms with Gasteiger partial charge in [0.2, 0.25) is 0 Å². The van der Waals surface area contributed by atoms with Gasteiger partial charge in [-0.2, -0.15) is 5.06 Å². The molecular formula is C4H9F2NO. The number of nitrogens with zero attached hydrogens (tertiary/aromatic N) is 1. The van der Waals surface area contributed by atoms with Crippen LogP contribution in [0.3, 0.4) is 0 Å². The number of hydrogen-bond donors (Lipinski definition) is 1. The van der Waals surface area contributed by atoms with Crippen molar-refractivity contribution in [3.8, 4) is 0 Å². The van der Waals surface area contributed by atoms with Crippen LogP contribution in [-0.4, -0.2) is 29.8 Å². The summed E-state index contributed by atoms with van der Waals surface area (Å²) >= 11 is 0. The Morgan fingerprint density at radius 3 is 2.00 bits per heavy atom. The third-order valence-corrected chi connectivity index (χ3v) is 0.506. The molecule has 0 aromatic carbocycles. The lowest BCUT2D eigenvalue weighted by atomic mass is 10.4. The largest absolute Gasteiger partial charge is 0.314 e. The average Bonchev–Trinajstić information content (AvgIpc) is 1.21. The van der Waals surface area contributed by atoms with Crippen molar-refractivity contribution in [2.24, 2.45) is 0 Å². The van der Waals surface area contributed by atoms with Crippen LogP contribution in [0.25, 0.3) is 0 Å². The molecule has 0 aliphatic heterocycles. The molecule has 0 saturated carbocycles. The van der Waals surface area contributed by atoms with Crippen LogP contribution < -0.4 is 0 Å². The molecule has 0 aromatic heterocycles. The van der Waals surface area contributed by atoms with Gasteiger partial charge in [0.15, 0.2) is 0 Å². The summed E-state index contributed by atoms with van der Waals surface area (Å²) in [6.07, 6.45) is 0. The topological polar surface area (TPSA) is 23.5 Å². The molecular weight excluding hydrogens is 116 g/mol. The molecule has 0 aliphatic carbocycles. The minimum absolute atomic E-state index is 0.458. The summed E-state index contributed by atoms with van der Waals surface area (Å²) in [5, 5.41) is 8.70. The molecule has 0 rings (SSSR count). The van der Waals surface area contributed by atoms with E-state index in [9.17, 15) is 8.78 Å². The van der Waals surface area contributed by atoms with Gasteiger partial charge in [-0.1, -0.05) is 0 Å². The maximum absolute atomic E-state index is 11.8. The van der Waals surface area contributed by atoms with Crippen LogP contribution >= 0.6 is 0 Å². The Morgan fingerprint density at radius 2 is 2.00 bits per heavy atom. The van der Waals surface area contributed by atoms with Crippen LogP contribution in [0.15, 0.2) is 0 Å². The number of hydrogen-bond acceptors (Lipinski definition) is 2. The van der Waals surface area contributed by atoms with Gasteiger partial charge in [-0.15, -0.1) is 0 Å². The normalized spacial score (nSPS) is 12.8. The minimum Gasteiger partial charge on any atom is -0.314 e. The van der Waals surface area contributed by atoms with Gasteiger partial charge in [0.05, 0.1) is 6.54 Å². The highest BCUT2D eigenvalue weighted by Gasteiger charge is 2.22. The summed E-state index contributed by atoms with van der Waals surface area (Å²) in [7, 11) is 1.18. The van der Waals surface area contributed by atoms with Crippen molar-refractivity contribution in [1.29, 1.82) is 0 Å². The van der Waals surface area contributed by atoms with Gasteiger partial charge in [-0.3, -0.25) is 0 Å². The van der Waals surface area contributed by atoms with Crippen LogP contribution in [0.5, 0.6) is 0 Å². The van der Waals surface area contributed by atoms with E-state index in [0.717, 1.165) is 6.92 Å². The standard InChI is InChI=1S/C4H9F2NO/c1-4(5,6)3-7(2)8/h8H,3H2,1-2H3. The van der Waals surface area contributed by atoms with Crippen molar-refractivity contribution in [1.82, 2.24) is 5.06 Å². The van der Waals surface area contributed by atoms with Crippen molar-refractivity contribution in [2.45, 2.75) is 12.8 Å². The van der Waals surface area contributed by atoms with E-state index in [-0.39, 0.29) is 0 Å². The van der Waals surface area contributed by atoms with Gasteiger partial charge in [-0.05, 0) is 0 Å². The monoisotopic (exact) mass is 125 g/mol. The second kappa shape index (κ2) is 2.37. The molecule has 4 heteroatoms. The van der Waals surface area contributed by atoms with Crippen molar-refractivity contribution < 1.29 is 14.0 Å². The molecule has 2 nitrogen and oxygen atoms in total. The molecule has 0 heterocycles. The lowest BCUT2D eigenvalue weighted by Gasteiger charge is -2.13. The molecule has 0 atom stereocenters. The maximum Gasteiger partial charge on any atom is 0.260 e. The Kier molecular flexibility index (Phi) is 2.30. The highest BCUT2D eigenvalue weighted by molar-refractivity contribution is 4.57. The van der Waals surface area contributed by atoms with E-state index in [1.807, 2.05) is 0 Å². The smallest absolute Gasteiger partial charge is 0.260 e. The Balaban J connectivity index is 3.39. The van der Waals surface area contributed by atoms with E-state index in [0.29, 0.717) is 5.06 Å². The fourth-order valence-corrected chi connectivity index (χ4v) is 0.402. The Labute approximate surface area is 46.7 Å². The van der Waals surface area contributed by atoms with Crippen LogP contribution in [0.2, 0.25) is 0 Å². The lowest BCUT2D eigenvalue weighted by molar-refractivity contribution is -0.130. The minimum atomic E-state index is -2.80. The van der Waals surface area contributed by atoms with E-state index in [4.69, 9.17) is 5.21 Å². The molecule has 0 aromatic rings. The fourth-order valence-electron chi connectivity index (χ4n) is 0.402. The van der Waals surface area contributed by atoms with E-state index in [2.05, 4.69) is 0 Å². The van der Waals surface area contributed by atoms with Gasteiger partial charge in [0, 0.05) is 14.0 Å². The first-order valence-corrected chi connectivity index (χ1v) is 2.19. The highest BCUT2D eigenvalue weighted by atomic mass is 19.3. The summed E-state index contributed by atoms with van der Waals surface area (Å²) in [5.74, 6) is -2.80. The maximum atomic E-state index is 11.8. The van der Waals surface area contributed by atoms with Crippen LogP contribution in [0, 0.1) is 0 Å². The Bertz CT molecular complexity index is 68.9. The van der Waals surface area contributed by atoms with Gasteiger partial charge < -0.3 is 5.21 Å². The number of rotatable bonds is 2. The zero-order valence-electron chi connectivity index (χ0n) is 4.86. The third-order valence-electron chi connectivity index (χ3n) is 0.506. The predicted molar refractivity (Wildman–Crippen MR) is 25.0 cm³/mol. The molecule has 0 aliphatic rings. The first-order chi connectivity index (χ1) is 3.42. The fraction of sp³-hybridized carbons (Fsp3) is 1.00. The van der Waals surface area contributed by atoms with Crippen molar-refractivity contribution in [2.75, 3.05) is 13.6 Å². The molecule has 0 saturated heterocycles. The highest BCUT2D eigenvalue weighted by Crippen LogP contribution is 2.10. The number of halogens is 2. The van der Waals surface area contributed by atoms with Crippen molar-refractivity contribution in [3.63, 3.8) is 0 Å². The van der Waals surface area contributed by atoms with Crippen LogP contribution in [0.4, 0.5) is 8.78 Å². The number of hydroxylamine groups is 2. The predicted octanol–water partition coefficient (Wildman–Crippen LogP) is 0.963. The molecule has 0 radical (unpaired) electrons. The Morgan fingerprint density at radius 1 is 1.62 bits per heavy atom. The van der Waals surface area contributed by atoms with E-state index in [1.165, 1.54) is 7.05 Å². The van der Waals surface area contributed by atoms with Gasteiger partial charge in [-0.25, -0.2) is 8.78 Å². The average molecular weight is 125 g/mol. The summed E-state index contributed by atoms with van der Waals surface area (Å²) < 4.78 is 23.5. The summed E-state index contributed by atoms with van der Waals surface area (Å²) in [6.45, 7) is 0.132. The molecule has 1 N–H and O–H groups in total. The van der Waals surface area contributed by atoms with E-state index in [1.54, 1.807) is 0 Å². The molecule has 0 fully saturated rings. The molecule has 0 spiro atoms. The summed E-state index contributed by atoms with van der Waals surface area (Å²) in [5.41, 5.74) is 0. The molecule has 8 heavy (non-hydrogen) atoms. The van der Waals surface area contributed by atoms with E-state index >= 15 is 0 Å². The van der Waals surface area contributed by atoms with Crippen molar-refractivity contribution >= 4 is 0 Å². The molecule has 0 amide bonds. The number of alkyl halides is 2. The zero-order chi connectivity index (χ0) is 6.78. The first-order valence-electron chi connectivity index (χ1n) is 2.19. The quantitative estimate of drug-likeness (QED) is 0.555. The van der Waals surface area contributed by atoms with Crippen LogP contribution in [-0.2, 0) is 0 Å². The van der Waals surface area contributed by atoms with Gasteiger partial charge in [0.1, 0.15) is 0 Å². The van der Waals surface area contributed by atoms with E-state index < -0.39 is 12.5 Å². The van der Waals surface area contributed by atoms with Gasteiger partial charge >= 0.3 is 0 Å². The summed E-state index contributed by atoms with van der Waals surface area (Å²) in [6, 6.07) is 0. The second-order valence-corrected chi connectivity index (χ2v) is 1.89. The van der Waals surface area contributed by atoms with Crippen molar-refractivity contribution in [3.05, 3.63) is 0 Å². The first kappa shape index (κ1) is 7.78. The molecule has 0 unspecified atom stereocenters. The third kappa shape index (κ3) is 5.78. The van der Waals surface area contributed by atoms with Gasteiger partial charge in [0.25, 0.3) is 5.92 Å². The SMILES string of the molecule is CN(O)CC(C)(F)F. The summed E-state index contributed by atoms with van der Waals surface area (Å²) in [4.78, 5) is 0. The zero-order valence-corrected chi connectivity index (χ0v) is 4.86.